The van der Waals surface area contributed by atoms with Crippen LogP contribution in [0.25, 0.3) is 0 Å². The minimum atomic E-state index is -1.89. The van der Waals surface area contributed by atoms with E-state index in [4.69, 9.17) is 14.6 Å². The lowest BCUT2D eigenvalue weighted by molar-refractivity contribution is -0.384. The fraction of sp³-hybridized carbons (Fsp3) is 0.429. The summed E-state index contributed by atoms with van der Waals surface area (Å²) in [5.74, 6) is -2.34. The first-order chi connectivity index (χ1) is 12.1. The van der Waals surface area contributed by atoms with Gasteiger partial charge < -0.3 is 35.2 Å². The summed E-state index contributed by atoms with van der Waals surface area (Å²) in [6.45, 7) is 1.15. The Kier molecular flexibility index (Phi) is 5.72. The minimum absolute atomic E-state index is 0.130. The summed E-state index contributed by atoms with van der Waals surface area (Å²) in [5, 5.41) is 51.5. The fourth-order valence-corrected chi connectivity index (χ4v) is 2.30. The van der Waals surface area contributed by atoms with Crippen molar-refractivity contribution >= 4 is 23.3 Å². The summed E-state index contributed by atoms with van der Waals surface area (Å²) in [7, 11) is 0. The van der Waals surface area contributed by atoms with Crippen LogP contribution in [0.5, 0.6) is 5.75 Å². The lowest BCUT2D eigenvalue weighted by atomic mass is 9.99. The second-order valence-corrected chi connectivity index (χ2v) is 5.47. The molecule has 1 saturated heterocycles. The number of aliphatic carboxylic acids is 1. The van der Waals surface area contributed by atoms with Crippen LogP contribution in [-0.4, -0.2) is 67.9 Å². The van der Waals surface area contributed by atoms with Gasteiger partial charge in [0, 0.05) is 19.1 Å². The highest BCUT2D eigenvalue weighted by molar-refractivity contribution is 5.90. The number of non-ortho nitro benzene ring substituents is 1. The lowest BCUT2D eigenvalue weighted by Gasteiger charge is -2.38. The summed E-state index contributed by atoms with van der Waals surface area (Å²) in [4.78, 5) is 32.5. The van der Waals surface area contributed by atoms with Crippen LogP contribution in [0, 0.1) is 10.1 Å². The number of nitrogens with zero attached hydrogens (tertiary/aromatic N) is 1. The molecule has 2 rings (SSSR count). The van der Waals surface area contributed by atoms with E-state index in [9.17, 15) is 35.0 Å². The largest absolute Gasteiger partial charge is 0.479 e. The van der Waals surface area contributed by atoms with Crippen LogP contribution in [0.1, 0.15) is 6.92 Å². The molecule has 0 bridgehead atoms. The Morgan fingerprint density at radius 2 is 1.88 bits per heavy atom. The molecule has 0 radical (unpaired) electrons. The topological polar surface area (TPSA) is 189 Å². The van der Waals surface area contributed by atoms with Gasteiger partial charge in [-0.1, -0.05) is 0 Å². The van der Waals surface area contributed by atoms with Gasteiger partial charge in [0.1, 0.15) is 24.1 Å². The molecule has 0 spiro atoms. The lowest BCUT2D eigenvalue weighted by Crippen LogP contribution is -2.61. The first kappa shape index (κ1) is 19.5. The zero-order chi connectivity index (χ0) is 19.6. The minimum Gasteiger partial charge on any atom is -0.479 e. The quantitative estimate of drug-likeness (QED) is 0.311. The third-order valence-corrected chi connectivity index (χ3v) is 3.54. The van der Waals surface area contributed by atoms with Crippen molar-refractivity contribution in [3.05, 3.63) is 28.3 Å². The Bertz CT molecular complexity index is 724. The molecule has 0 saturated carbocycles. The molecule has 1 amide bonds. The summed E-state index contributed by atoms with van der Waals surface area (Å²) >= 11 is 0. The van der Waals surface area contributed by atoms with Crippen molar-refractivity contribution in [2.45, 2.75) is 37.6 Å². The van der Waals surface area contributed by atoms with Crippen molar-refractivity contribution in [1.29, 1.82) is 0 Å². The van der Waals surface area contributed by atoms with E-state index in [0.717, 1.165) is 25.1 Å². The third kappa shape index (κ3) is 4.05. The number of amides is 1. The average molecular weight is 372 g/mol. The Hall–Kier alpha value is -2.80. The monoisotopic (exact) mass is 372 g/mol. The SMILES string of the molecule is CC(=O)Nc1cc([N+](=O)[O-])ccc1O[C@@H]1O[C@H](C(=O)O)[C@@H](O)[C@H](O)[C@H]1O. The summed E-state index contributed by atoms with van der Waals surface area (Å²) < 4.78 is 10.2. The van der Waals surface area contributed by atoms with Crippen LogP contribution >= 0.6 is 0 Å². The number of carboxylic acids is 1. The van der Waals surface area contributed by atoms with E-state index in [1.54, 1.807) is 0 Å². The van der Waals surface area contributed by atoms with Gasteiger partial charge in [-0.15, -0.1) is 0 Å². The molecule has 1 aliphatic heterocycles. The molecule has 5 N–H and O–H groups in total. The van der Waals surface area contributed by atoms with E-state index in [1.165, 1.54) is 0 Å². The highest BCUT2D eigenvalue weighted by atomic mass is 16.7. The van der Waals surface area contributed by atoms with Gasteiger partial charge in [0.2, 0.25) is 12.2 Å². The van der Waals surface area contributed by atoms with E-state index in [-0.39, 0.29) is 17.1 Å². The average Bonchev–Trinajstić information content (AvgIpc) is 2.55. The zero-order valence-corrected chi connectivity index (χ0v) is 13.3. The van der Waals surface area contributed by atoms with Crippen LogP contribution in [-0.2, 0) is 14.3 Å². The summed E-state index contributed by atoms with van der Waals surface area (Å²) in [6, 6.07) is 3.15. The van der Waals surface area contributed by atoms with E-state index in [0.29, 0.717) is 0 Å². The number of nitro benzene ring substituents is 1. The Balaban J connectivity index is 2.32. The van der Waals surface area contributed by atoms with E-state index < -0.39 is 47.5 Å². The van der Waals surface area contributed by atoms with Gasteiger partial charge in [-0.3, -0.25) is 14.9 Å². The second-order valence-electron chi connectivity index (χ2n) is 5.47. The number of hydrogen-bond donors (Lipinski definition) is 5. The standard InChI is InChI=1S/C14H16N2O10/c1-5(17)15-7-4-6(16(23)24)2-3-8(7)25-14-11(20)9(18)10(19)12(26-14)13(21)22/h2-4,9-12,14,18-20H,1H3,(H,15,17)(H,21,22)/t9-,10-,11+,12-,14+/m0/s1. The van der Waals surface area contributed by atoms with E-state index >= 15 is 0 Å². The third-order valence-electron chi connectivity index (χ3n) is 3.54. The number of hydrogen-bond acceptors (Lipinski definition) is 9. The molecule has 0 unspecified atom stereocenters. The van der Waals surface area contributed by atoms with Crippen molar-refractivity contribution in [1.82, 2.24) is 0 Å². The Morgan fingerprint density at radius 1 is 1.23 bits per heavy atom. The molecule has 1 heterocycles. The van der Waals surface area contributed by atoms with Gasteiger partial charge in [0.15, 0.2) is 6.10 Å². The highest BCUT2D eigenvalue weighted by Gasteiger charge is 2.48. The van der Waals surface area contributed by atoms with Crippen LogP contribution < -0.4 is 10.1 Å². The van der Waals surface area contributed by atoms with Crippen LogP contribution in [0.15, 0.2) is 18.2 Å². The zero-order valence-electron chi connectivity index (χ0n) is 13.3. The molecule has 1 aliphatic rings. The van der Waals surface area contributed by atoms with Gasteiger partial charge in [-0.2, -0.15) is 0 Å². The number of aliphatic hydroxyl groups is 3. The molecule has 1 aromatic carbocycles. The molecular weight excluding hydrogens is 356 g/mol. The Morgan fingerprint density at radius 3 is 2.42 bits per heavy atom. The number of carboxylic acid groups (broad SMARTS) is 1. The molecule has 5 atom stereocenters. The number of nitro groups is 1. The van der Waals surface area contributed by atoms with Crippen molar-refractivity contribution in [2.75, 3.05) is 5.32 Å². The number of nitrogens with one attached hydrogen (secondary N) is 1. The van der Waals surface area contributed by atoms with Gasteiger partial charge >= 0.3 is 5.97 Å². The van der Waals surface area contributed by atoms with E-state index in [2.05, 4.69) is 5.32 Å². The van der Waals surface area contributed by atoms with Gasteiger partial charge in [0.25, 0.3) is 5.69 Å². The number of carbonyl (C=O) groups excluding carboxylic acids is 1. The molecule has 1 fully saturated rings. The number of rotatable bonds is 5. The number of ether oxygens (including phenoxy) is 2. The van der Waals surface area contributed by atoms with Gasteiger partial charge in [0.05, 0.1) is 10.6 Å². The number of benzene rings is 1. The van der Waals surface area contributed by atoms with Gasteiger partial charge in [-0.25, -0.2) is 4.79 Å². The molecule has 142 valence electrons. The molecule has 12 heteroatoms. The van der Waals surface area contributed by atoms with Crippen LogP contribution in [0.4, 0.5) is 11.4 Å². The van der Waals surface area contributed by atoms with Gasteiger partial charge in [-0.05, 0) is 6.07 Å². The molecule has 12 nitrogen and oxygen atoms in total. The van der Waals surface area contributed by atoms with Crippen LogP contribution in [0.2, 0.25) is 0 Å². The maximum Gasteiger partial charge on any atom is 0.335 e. The molecule has 26 heavy (non-hydrogen) atoms. The molecule has 0 aliphatic carbocycles. The smallest absolute Gasteiger partial charge is 0.335 e. The molecule has 1 aromatic rings. The molecular formula is C14H16N2O10. The van der Waals surface area contributed by atoms with Crippen molar-refractivity contribution in [2.24, 2.45) is 0 Å². The second kappa shape index (κ2) is 7.61. The fourth-order valence-electron chi connectivity index (χ4n) is 2.30. The first-order valence-corrected chi connectivity index (χ1v) is 7.27. The molecule has 0 aromatic heterocycles. The number of aliphatic hydroxyl groups excluding tert-OH is 3. The van der Waals surface area contributed by atoms with Crippen molar-refractivity contribution in [3.63, 3.8) is 0 Å². The number of anilines is 1. The van der Waals surface area contributed by atoms with Crippen LogP contribution in [0.3, 0.4) is 0 Å². The predicted octanol–water partition coefficient (Wildman–Crippen LogP) is -1.18. The summed E-state index contributed by atoms with van der Waals surface area (Å²) in [6.07, 6.45) is -9.18. The van der Waals surface area contributed by atoms with E-state index in [1.807, 2.05) is 0 Å². The summed E-state index contributed by atoms with van der Waals surface area (Å²) in [5.41, 5.74) is -0.486. The maximum absolute atomic E-state index is 11.3. The Labute approximate surface area is 145 Å². The maximum atomic E-state index is 11.3. The van der Waals surface area contributed by atoms with Crippen molar-refractivity contribution in [3.8, 4) is 5.75 Å². The first-order valence-electron chi connectivity index (χ1n) is 7.27. The van der Waals surface area contributed by atoms with Crippen molar-refractivity contribution < 1.29 is 44.4 Å². The number of carbonyl (C=O) groups is 2. The highest BCUT2D eigenvalue weighted by Crippen LogP contribution is 2.32. The predicted molar refractivity (Wildman–Crippen MR) is 82.3 cm³/mol. The normalized spacial score (nSPS) is 28.2.